The van der Waals surface area contributed by atoms with Crippen LogP contribution in [-0.4, -0.2) is 37.2 Å². The monoisotopic (exact) mass is 1070 g/mol. The number of carbonyl (C=O) groups is 3. The van der Waals surface area contributed by atoms with Gasteiger partial charge in [0.2, 0.25) is 0 Å². The fourth-order valence-corrected chi connectivity index (χ4v) is 9.21. The lowest BCUT2D eigenvalue weighted by molar-refractivity contribution is -0.167. The molecule has 442 valence electrons. The lowest BCUT2D eigenvalue weighted by Gasteiger charge is -2.18. The fourth-order valence-electron chi connectivity index (χ4n) is 9.21. The van der Waals surface area contributed by atoms with Gasteiger partial charge in [-0.2, -0.15) is 0 Å². The first kappa shape index (κ1) is 73.3. The molecule has 77 heavy (non-hydrogen) atoms. The summed E-state index contributed by atoms with van der Waals surface area (Å²) in [6, 6.07) is 0. The van der Waals surface area contributed by atoms with Crippen LogP contribution in [0.4, 0.5) is 0 Å². The van der Waals surface area contributed by atoms with E-state index in [1.807, 2.05) is 0 Å². The van der Waals surface area contributed by atoms with Crippen molar-refractivity contribution in [1.29, 1.82) is 0 Å². The number of hydrogen-bond acceptors (Lipinski definition) is 6. The predicted molar refractivity (Wildman–Crippen MR) is 334 cm³/mol. The molecule has 0 radical (unpaired) electrons. The summed E-state index contributed by atoms with van der Waals surface area (Å²) in [6.45, 7) is 6.43. The van der Waals surface area contributed by atoms with E-state index in [4.69, 9.17) is 14.2 Å². The zero-order valence-corrected chi connectivity index (χ0v) is 50.7. The molecule has 6 heteroatoms. The third kappa shape index (κ3) is 63.0. The van der Waals surface area contributed by atoms with Crippen molar-refractivity contribution in [3.8, 4) is 0 Å². The molecule has 0 heterocycles. The Morgan fingerprint density at radius 3 is 0.805 bits per heavy atom. The number of esters is 3. The zero-order valence-electron chi connectivity index (χ0n) is 50.7. The number of carbonyl (C=O) groups excluding carboxylic acids is 3. The average Bonchev–Trinajstić information content (AvgIpc) is 3.43. The first-order chi connectivity index (χ1) is 38.0. The molecule has 0 aliphatic heterocycles. The maximum atomic E-state index is 12.9. The normalized spacial score (nSPS) is 12.7. The lowest BCUT2D eigenvalue weighted by atomic mass is 10.0. The topological polar surface area (TPSA) is 78.9 Å². The van der Waals surface area contributed by atoms with Crippen LogP contribution < -0.4 is 0 Å². The summed E-state index contributed by atoms with van der Waals surface area (Å²) >= 11 is 0. The highest BCUT2D eigenvalue weighted by molar-refractivity contribution is 5.71. The summed E-state index contributed by atoms with van der Waals surface area (Å²) in [5, 5.41) is 0. The van der Waals surface area contributed by atoms with Crippen LogP contribution in [0.15, 0.2) is 97.2 Å². The van der Waals surface area contributed by atoms with Crippen molar-refractivity contribution in [3.63, 3.8) is 0 Å². The van der Waals surface area contributed by atoms with E-state index >= 15 is 0 Å². The van der Waals surface area contributed by atoms with Gasteiger partial charge in [-0.3, -0.25) is 14.4 Å². The van der Waals surface area contributed by atoms with Crippen molar-refractivity contribution in [2.45, 2.75) is 322 Å². The Balaban J connectivity index is 4.38. The van der Waals surface area contributed by atoms with Gasteiger partial charge in [0.1, 0.15) is 13.2 Å². The van der Waals surface area contributed by atoms with Crippen LogP contribution in [0.5, 0.6) is 0 Å². The summed E-state index contributed by atoms with van der Waals surface area (Å²) in [5.74, 6) is -0.900. The summed E-state index contributed by atoms with van der Waals surface area (Å²) < 4.78 is 16.9. The Labute approximate surface area is 477 Å². The second kappa shape index (κ2) is 64.9. The van der Waals surface area contributed by atoms with Crippen LogP contribution in [0.2, 0.25) is 0 Å². The van der Waals surface area contributed by atoms with Crippen molar-refractivity contribution in [2.75, 3.05) is 13.2 Å². The first-order valence-corrected chi connectivity index (χ1v) is 32.7. The Kier molecular flexibility index (Phi) is 61.8. The number of hydrogen-bond donors (Lipinski definition) is 0. The molecule has 0 aromatic heterocycles. The molecule has 1 atom stereocenters. The molecule has 0 bridgehead atoms. The van der Waals surface area contributed by atoms with Crippen LogP contribution >= 0.6 is 0 Å². The molecule has 0 spiro atoms. The second-order valence-electron chi connectivity index (χ2n) is 21.6. The molecule has 0 aromatic rings. The van der Waals surface area contributed by atoms with Crippen LogP contribution in [0.25, 0.3) is 0 Å². The standard InChI is InChI=1S/C71H122O6/c1-4-7-10-13-16-19-22-25-28-31-33-34-35-36-38-40-43-46-49-52-55-58-61-64-70(73)76-67-68(66-75-69(72)63-60-57-54-51-48-45-42-39-30-27-24-21-18-15-12-9-6-3)77-71(74)65-62-59-56-53-50-47-44-41-37-32-29-26-23-20-17-14-11-8-5-2/h8-9,11-12,17-18,20-21,26-27,29-31,33,37,41,68H,4-7,10,13-16,19,22-25,28,32,34-36,38-40,42-67H2,1-3H3/b11-8-,12-9-,20-17-,21-18-,29-26-,30-27-,33-31-,41-37-. The predicted octanol–water partition coefficient (Wildman–Crippen LogP) is 22.4. The van der Waals surface area contributed by atoms with Crippen LogP contribution in [0.3, 0.4) is 0 Å². The molecular weight excluding hydrogens is 949 g/mol. The molecule has 0 aliphatic rings. The van der Waals surface area contributed by atoms with Crippen LogP contribution in [-0.2, 0) is 28.6 Å². The van der Waals surface area contributed by atoms with Gasteiger partial charge in [-0.25, -0.2) is 0 Å². The minimum Gasteiger partial charge on any atom is -0.462 e. The second-order valence-corrected chi connectivity index (χ2v) is 21.6. The molecule has 6 nitrogen and oxygen atoms in total. The van der Waals surface area contributed by atoms with E-state index in [-0.39, 0.29) is 31.1 Å². The first-order valence-electron chi connectivity index (χ1n) is 32.7. The molecular formula is C71H122O6. The summed E-state index contributed by atoms with van der Waals surface area (Å²) in [4.78, 5) is 38.4. The lowest BCUT2D eigenvalue weighted by Crippen LogP contribution is -2.30. The van der Waals surface area contributed by atoms with Gasteiger partial charge in [0.05, 0.1) is 0 Å². The SMILES string of the molecule is CC/C=C\C/C=C\C/C=C\C/C=C\CCCCCCCCC(=O)OC(COC(=O)CCCCCCCCC/C=C\C/C=C\C/C=C\CC)COC(=O)CCCCCCCCCCCCC/C=C\CCCCCCCCCC. The van der Waals surface area contributed by atoms with Crippen molar-refractivity contribution >= 4 is 17.9 Å². The smallest absolute Gasteiger partial charge is 0.306 e. The maximum absolute atomic E-state index is 12.9. The summed E-state index contributed by atoms with van der Waals surface area (Å²) in [5.41, 5.74) is 0. The summed E-state index contributed by atoms with van der Waals surface area (Å²) in [7, 11) is 0. The maximum Gasteiger partial charge on any atom is 0.306 e. The highest BCUT2D eigenvalue weighted by Gasteiger charge is 2.19. The number of allylic oxidation sites excluding steroid dienone is 16. The highest BCUT2D eigenvalue weighted by atomic mass is 16.6. The van der Waals surface area contributed by atoms with Gasteiger partial charge in [0, 0.05) is 19.3 Å². The molecule has 0 fully saturated rings. The molecule has 0 aliphatic carbocycles. The average molecular weight is 1070 g/mol. The van der Waals surface area contributed by atoms with Gasteiger partial charge in [-0.15, -0.1) is 0 Å². The van der Waals surface area contributed by atoms with E-state index in [1.165, 1.54) is 154 Å². The number of rotatable bonds is 59. The van der Waals surface area contributed by atoms with Gasteiger partial charge in [-0.05, 0) is 116 Å². The molecule has 1 unspecified atom stereocenters. The third-order valence-corrected chi connectivity index (χ3v) is 14.1. The van der Waals surface area contributed by atoms with E-state index < -0.39 is 6.10 Å². The molecule has 0 aromatic carbocycles. The molecule has 0 amide bonds. The van der Waals surface area contributed by atoms with E-state index in [2.05, 4.69) is 118 Å². The highest BCUT2D eigenvalue weighted by Crippen LogP contribution is 2.16. The van der Waals surface area contributed by atoms with Gasteiger partial charge >= 0.3 is 17.9 Å². The van der Waals surface area contributed by atoms with Gasteiger partial charge < -0.3 is 14.2 Å². The Bertz CT molecular complexity index is 1510. The molecule has 0 saturated carbocycles. The van der Waals surface area contributed by atoms with Gasteiger partial charge in [-0.1, -0.05) is 279 Å². The third-order valence-electron chi connectivity index (χ3n) is 14.1. The quantitative estimate of drug-likeness (QED) is 0.0261. The Morgan fingerprint density at radius 1 is 0.273 bits per heavy atom. The number of ether oxygens (including phenoxy) is 3. The molecule has 0 N–H and O–H groups in total. The number of unbranched alkanes of at least 4 members (excludes halogenated alkanes) is 32. The summed E-state index contributed by atoms with van der Waals surface area (Å²) in [6.07, 6.45) is 87.0. The van der Waals surface area contributed by atoms with Crippen molar-refractivity contribution in [2.24, 2.45) is 0 Å². The van der Waals surface area contributed by atoms with Crippen molar-refractivity contribution < 1.29 is 28.6 Å². The Morgan fingerprint density at radius 2 is 0.506 bits per heavy atom. The molecule has 0 rings (SSSR count). The van der Waals surface area contributed by atoms with Crippen LogP contribution in [0.1, 0.15) is 316 Å². The van der Waals surface area contributed by atoms with Crippen molar-refractivity contribution in [1.82, 2.24) is 0 Å². The molecule has 0 saturated heterocycles. The van der Waals surface area contributed by atoms with E-state index in [9.17, 15) is 14.4 Å². The minimum absolute atomic E-state index is 0.0863. The van der Waals surface area contributed by atoms with E-state index in [0.717, 1.165) is 122 Å². The van der Waals surface area contributed by atoms with Crippen LogP contribution in [0, 0.1) is 0 Å². The van der Waals surface area contributed by atoms with E-state index in [1.54, 1.807) is 0 Å². The fraction of sp³-hybridized carbons (Fsp3) is 0.732. The zero-order chi connectivity index (χ0) is 55.7. The largest absolute Gasteiger partial charge is 0.462 e. The minimum atomic E-state index is -0.792. The van der Waals surface area contributed by atoms with E-state index in [0.29, 0.717) is 19.3 Å². The van der Waals surface area contributed by atoms with Gasteiger partial charge in [0.25, 0.3) is 0 Å². The van der Waals surface area contributed by atoms with Crippen molar-refractivity contribution in [3.05, 3.63) is 97.2 Å². The van der Waals surface area contributed by atoms with Gasteiger partial charge in [0.15, 0.2) is 6.10 Å². The Hall–Kier alpha value is -3.67.